The molecule has 1 heteroatoms. The van der Waals surface area contributed by atoms with E-state index in [9.17, 15) is 0 Å². The van der Waals surface area contributed by atoms with E-state index in [2.05, 4.69) is 73.1 Å². The average Bonchev–Trinajstić information content (AvgIpc) is 2.69. The van der Waals surface area contributed by atoms with Gasteiger partial charge in [0, 0.05) is 4.47 Å². The molecule has 1 aliphatic carbocycles. The minimum absolute atomic E-state index is 1.05. The Bertz CT molecular complexity index is 670. The molecule has 0 aliphatic heterocycles. The van der Waals surface area contributed by atoms with Gasteiger partial charge in [0.1, 0.15) is 0 Å². The number of hydrogen-bond donors (Lipinski definition) is 0. The van der Waals surface area contributed by atoms with Crippen LogP contribution in [0.5, 0.6) is 0 Å². The number of benzene rings is 2. The van der Waals surface area contributed by atoms with E-state index >= 15 is 0 Å². The van der Waals surface area contributed by atoms with Gasteiger partial charge in [-0.2, -0.15) is 0 Å². The molecule has 0 nitrogen and oxygen atoms in total. The van der Waals surface area contributed by atoms with E-state index < -0.39 is 0 Å². The van der Waals surface area contributed by atoms with Crippen molar-refractivity contribution in [1.29, 1.82) is 0 Å². The van der Waals surface area contributed by atoms with Crippen LogP contribution in [0.2, 0.25) is 0 Å². The molecule has 0 radical (unpaired) electrons. The number of aryl methyl sites for hydroxylation is 3. The Kier molecular flexibility index (Phi) is 3.10. The van der Waals surface area contributed by atoms with Gasteiger partial charge in [0.05, 0.1) is 0 Å². The first-order valence-corrected chi connectivity index (χ1v) is 7.41. The molecule has 0 amide bonds. The van der Waals surface area contributed by atoms with Crippen molar-refractivity contribution in [3.05, 3.63) is 68.2 Å². The summed E-state index contributed by atoms with van der Waals surface area (Å²) in [6.45, 7) is 6.60. The van der Waals surface area contributed by atoms with Gasteiger partial charge >= 0.3 is 0 Å². The molecule has 0 N–H and O–H groups in total. The zero-order chi connectivity index (χ0) is 13.6. The van der Waals surface area contributed by atoms with E-state index in [1.807, 2.05) is 0 Å². The van der Waals surface area contributed by atoms with Crippen LogP contribution in [0.3, 0.4) is 0 Å². The lowest BCUT2D eigenvalue weighted by Gasteiger charge is -2.12. The highest BCUT2D eigenvalue weighted by Gasteiger charge is 2.17. The van der Waals surface area contributed by atoms with Gasteiger partial charge in [0.15, 0.2) is 0 Å². The number of allylic oxidation sites excluding steroid dienone is 1. The van der Waals surface area contributed by atoms with E-state index in [-0.39, 0.29) is 0 Å². The van der Waals surface area contributed by atoms with Crippen LogP contribution < -0.4 is 0 Å². The summed E-state index contributed by atoms with van der Waals surface area (Å²) in [6.07, 6.45) is 3.39. The summed E-state index contributed by atoms with van der Waals surface area (Å²) >= 11 is 3.55. The number of halogens is 1. The van der Waals surface area contributed by atoms with Crippen LogP contribution >= 0.6 is 15.9 Å². The van der Waals surface area contributed by atoms with Crippen molar-refractivity contribution in [2.75, 3.05) is 0 Å². The molecule has 0 saturated carbocycles. The molecule has 0 bridgehead atoms. The van der Waals surface area contributed by atoms with Crippen LogP contribution in [0.15, 0.2) is 34.8 Å². The van der Waals surface area contributed by atoms with Crippen molar-refractivity contribution in [2.45, 2.75) is 27.2 Å². The minimum Gasteiger partial charge on any atom is -0.0570 e. The normalized spacial score (nSPS) is 13.4. The Labute approximate surface area is 123 Å². The third-order valence-electron chi connectivity index (χ3n) is 3.82. The fourth-order valence-corrected chi connectivity index (χ4v) is 3.53. The van der Waals surface area contributed by atoms with Gasteiger partial charge in [-0.3, -0.25) is 0 Å². The summed E-state index contributed by atoms with van der Waals surface area (Å²) in [5, 5.41) is 0. The van der Waals surface area contributed by atoms with Gasteiger partial charge in [-0.15, -0.1) is 0 Å². The fraction of sp³-hybridized carbons (Fsp3) is 0.222. The predicted molar refractivity (Wildman–Crippen MR) is 86.4 cm³/mol. The molecule has 0 unspecified atom stereocenters. The van der Waals surface area contributed by atoms with Crippen LogP contribution in [0.25, 0.3) is 11.6 Å². The molecule has 2 aromatic carbocycles. The van der Waals surface area contributed by atoms with Crippen molar-refractivity contribution in [3.63, 3.8) is 0 Å². The fourth-order valence-electron chi connectivity index (χ4n) is 3.15. The maximum Gasteiger partial charge on any atom is 0.0181 e. The lowest BCUT2D eigenvalue weighted by atomic mass is 9.93. The summed E-state index contributed by atoms with van der Waals surface area (Å²) < 4.78 is 1.15. The molecule has 19 heavy (non-hydrogen) atoms. The quantitative estimate of drug-likeness (QED) is 0.655. The van der Waals surface area contributed by atoms with Crippen LogP contribution in [0.4, 0.5) is 0 Å². The van der Waals surface area contributed by atoms with Gasteiger partial charge in [0.25, 0.3) is 0 Å². The molecular formula is C18H17Br. The topological polar surface area (TPSA) is 0 Å². The third-order valence-corrected chi connectivity index (χ3v) is 4.31. The molecule has 2 aromatic rings. The second-order valence-corrected chi connectivity index (χ2v) is 6.38. The summed E-state index contributed by atoms with van der Waals surface area (Å²) in [5.41, 5.74) is 9.77. The Balaban J connectivity index is 2.10. The minimum atomic E-state index is 1.05. The van der Waals surface area contributed by atoms with Gasteiger partial charge in [-0.25, -0.2) is 0 Å². The van der Waals surface area contributed by atoms with E-state index in [4.69, 9.17) is 0 Å². The first-order valence-electron chi connectivity index (χ1n) is 6.62. The molecule has 0 saturated heterocycles. The van der Waals surface area contributed by atoms with Crippen molar-refractivity contribution < 1.29 is 0 Å². The lowest BCUT2D eigenvalue weighted by Crippen LogP contribution is -1.94. The molecule has 96 valence electrons. The molecule has 1 aliphatic rings. The monoisotopic (exact) mass is 312 g/mol. The zero-order valence-electron chi connectivity index (χ0n) is 11.5. The zero-order valence-corrected chi connectivity index (χ0v) is 13.1. The Morgan fingerprint density at radius 1 is 0.947 bits per heavy atom. The van der Waals surface area contributed by atoms with Gasteiger partial charge in [-0.05, 0) is 72.7 Å². The maximum atomic E-state index is 3.55. The maximum absolute atomic E-state index is 3.55. The third kappa shape index (κ3) is 2.28. The van der Waals surface area contributed by atoms with Crippen LogP contribution in [0.1, 0.15) is 33.4 Å². The van der Waals surface area contributed by atoms with E-state index in [0.29, 0.717) is 0 Å². The number of fused-ring (bicyclic) bond motifs is 1. The summed E-state index contributed by atoms with van der Waals surface area (Å²) in [5.74, 6) is 0. The molecule has 0 atom stereocenters. The van der Waals surface area contributed by atoms with Crippen molar-refractivity contribution in [1.82, 2.24) is 0 Å². The molecule has 0 aromatic heterocycles. The summed E-state index contributed by atoms with van der Waals surface area (Å²) in [7, 11) is 0. The highest BCUT2D eigenvalue weighted by molar-refractivity contribution is 9.10. The molecular weight excluding hydrogens is 296 g/mol. The molecule has 0 fully saturated rings. The van der Waals surface area contributed by atoms with Gasteiger partial charge in [-0.1, -0.05) is 45.8 Å². The van der Waals surface area contributed by atoms with Gasteiger partial charge in [0.2, 0.25) is 0 Å². The van der Waals surface area contributed by atoms with Crippen LogP contribution in [-0.4, -0.2) is 0 Å². The van der Waals surface area contributed by atoms with E-state index in [1.54, 1.807) is 0 Å². The second kappa shape index (κ2) is 4.64. The largest absolute Gasteiger partial charge is 0.0570 e. The lowest BCUT2D eigenvalue weighted by molar-refractivity contribution is 1.24. The van der Waals surface area contributed by atoms with Crippen LogP contribution in [-0.2, 0) is 6.42 Å². The number of hydrogen-bond acceptors (Lipinski definition) is 0. The molecule has 3 rings (SSSR count). The van der Waals surface area contributed by atoms with Crippen molar-refractivity contribution >= 4 is 27.6 Å². The van der Waals surface area contributed by atoms with E-state index in [1.165, 1.54) is 39.0 Å². The van der Waals surface area contributed by atoms with Crippen molar-refractivity contribution in [3.8, 4) is 0 Å². The summed E-state index contributed by atoms with van der Waals surface area (Å²) in [4.78, 5) is 0. The Morgan fingerprint density at radius 2 is 1.63 bits per heavy atom. The standard InChI is InChI=1S/C18H17Br/c1-11-6-12(2)18(13(3)7-11)16-8-14-4-5-17(19)10-15(14)9-16/h4-7,9-10H,8H2,1-3H3. The second-order valence-electron chi connectivity index (χ2n) is 5.46. The first-order chi connectivity index (χ1) is 9.04. The smallest absolute Gasteiger partial charge is 0.0181 e. The van der Waals surface area contributed by atoms with E-state index in [0.717, 1.165) is 10.9 Å². The summed E-state index contributed by atoms with van der Waals surface area (Å²) in [6, 6.07) is 11.1. The SMILES string of the molecule is Cc1cc(C)c(C2=Cc3cc(Br)ccc3C2)c(C)c1. The number of rotatable bonds is 1. The molecule has 0 heterocycles. The molecule has 0 spiro atoms. The van der Waals surface area contributed by atoms with Crippen molar-refractivity contribution in [2.24, 2.45) is 0 Å². The average molecular weight is 313 g/mol. The first kappa shape index (κ1) is 12.7. The van der Waals surface area contributed by atoms with Crippen LogP contribution in [0, 0.1) is 20.8 Å². The Morgan fingerprint density at radius 3 is 2.32 bits per heavy atom. The highest BCUT2D eigenvalue weighted by Crippen LogP contribution is 2.36. The highest BCUT2D eigenvalue weighted by atomic mass is 79.9. The predicted octanol–water partition coefficient (Wildman–Crippen LogP) is 5.47. The Hall–Kier alpha value is -1.34. The van der Waals surface area contributed by atoms with Gasteiger partial charge < -0.3 is 0 Å².